The van der Waals surface area contributed by atoms with Crippen molar-refractivity contribution >= 4 is 34.6 Å². The molecule has 0 atom stereocenters. The Balaban J connectivity index is 1.54. The van der Waals surface area contributed by atoms with E-state index in [0.717, 1.165) is 0 Å². The zero-order valence-electron chi connectivity index (χ0n) is 18.1. The number of piperazine rings is 1. The number of amides is 1. The van der Waals surface area contributed by atoms with Gasteiger partial charge in [0.2, 0.25) is 0 Å². The molecule has 0 bridgehead atoms. The van der Waals surface area contributed by atoms with Crippen LogP contribution in [0.1, 0.15) is 10.5 Å². The van der Waals surface area contributed by atoms with Gasteiger partial charge in [-0.3, -0.25) is 14.9 Å². The van der Waals surface area contributed by atoms with Crippen LogP contribution in [-0.4, -0.2) is 64.0 Å². The van der Waals surface area contributed by atoms with Gasteiger partial charge in [0.1, 0.15) is 17.1 Å². The van der Waals surface area contributed by atoms with E-state index in [-0.39, 0.29) is 22.3 Å². The summed E-state index contributed by atoms with van der Waals surface area (Å²) in [6.45, 7) is 1.81. The second-order valence-electron chi connectivity index (χ2n) is 7.51. The van der Waals surface area contributed by atoms with Gasteiger partial charge in [-0.05, 0) is 18.2 Å². The molecule has 0 aliphatic carbocycles. The van der Waals surface area contributed by atoms with E-state index in [9.17, 15) is 14.9 Å². The third kappa shape index (κ3) is 4.14. The number of nitrogens with two attached hydrogens (primary N) is 1. The fraction of sp³-hybridized carbons (Fsp3) is 0.286. The van der Waals surface area contributed by atoms with Crippen LogP contribution in [0.15, 0.2) is 36.4 Å². The Morgan fingerprint density at radius 1 is 1.21 bits per heavy atom. The maximum Gasteiger partial charge on any atom is 0.293 e. The monoisotopic (exact) mass is 471 g/mol. The van der Waals surface area contributed by atoms with Crippen molar-refractivity contribution in [3.63, 3.8) is 0 Å². The number of nitro benzene ring substituents is 1. The second kappa shape index (κ2) is 8.94. The Hall–Kier alpha value is -3.86. The van der Waals surface area contributed by atoms with Crippen molar-refractivity contribution in [3.05, 3.63) is 57.2 Å². The van der Waals surface area contributed by atoms with Gasteiger partial charge < -0.3 is 20.3 Å². The lowest BCUT2D eigenvalue weighted by molar-refractivity contribution is -0.383. The fourth-order valence-corrected chi connectivity index (χ4v) is 4.16. The van der Waals surface area contributed by atoms with Gasteiger partial charge in [-0.25, -0.2) is 4.68 Å². The van der Waals surface area contributed by atoms with Gasteiger partial charge >= 0.3 is 0 Å². The van der Waals surface area contributed by atoms with Crippen molar-refractivity contribution in [1.82, 2.24) is 19.9 Å². The lowest BCUT2D eigenvalue weighted by Gasteiger charge is -2.36. The molecule has 11 nitrogen and oxygen atoms in total. The SMILES string of the molecule is COc1ccccc1-c1nnn(C)c1C(=O)N1CCN(c2cc(N)c([N+](=O)[O-])cc2Cl)CC1. The molecule has 1 fully saturated rings. The molecule has 2 aromatic carbocycles. The van der Waals surface area contributed by atoms with E-state index in [2.05, 4.69) is 10.3 Å². The first-order valence-electron chi connectivity index (χ1n) is 10.1. The number of nitrogens with zero attached hydrogens (tertiary/aromatic N) is 6. The Labute approximate surface area is 194 Å². The third-order valence-electron chi connectivity index (χ3n) is 5.59. The lowest BCUT2D eigenvalue weighted by Crippen LogP contribution is -2.49. The molecule has 1 aromatic heterocycles. The highest BCUT2D eigenvalue weighted by Gasteiger charge is 2.30. The minimum absolute atomic E-state index is 0.0420. The van der Waals surface area contributed by atoms with Crippen molar-refractivity contribution in [2.45, 2.75) is 0 Å². The highest BCUT2D eigenvalue weighted by atomic mass is 35.5. The van der Waals surface area contributed by atoms with Gasteiger partial charge in [0.05, 0.1) is 22.7 Å². The van der Waals surface area contributed by atoms with Crippen molar-refractivity contribution < 1.29 is 14.5 Å². The number of methoxy groups -OCH3 is 1. The molecular formula is C21H22ClN7O4. The predicted molar refractivity (Wildman–Crippen MR) is 124 cm³/mol. The summed E-state index contributed by atoms with van der Waals surface area (Å²) in [5.41, 5.74) is 7.74. The number of halogens is 1. The number of nitrogen functional groups attached to an aromatic ring is 1. The summed E-state index contributed by atoms with van der Waals surface area (Å²) in [4.78, 5) is 27.6. The number of ether oxygens (including phenoxy) is 1. The van der Waals surface area contributed by atoms with Crippen LogP contribution in [0.4, 0.5) is 17.1 Å². The fourth-order valence-electron chi connectivity index (χ4n) is 3.89. The Bertz CT molecular complexity index is 1220. The first kappa shape index (κ1) is 22.3. The topological polar surface area (TPSA) is 133 Å². The highest BCUT2D eigenvalue weighted by Crippen LogP contribution is 2.35. The van der Waals surface area contributed by atoms with Crippen LogP contribution in [0.3, 0.4) is 0 Å². The minimum atomic E-state index is -0.567. The van der Waals surface area contributed by atoms with Gasteiger partial charge in [0.15, 0.2) is 5.69 Å². The van der Waals surface area contributed by atoms with Crippen molar-refractivity contribution in [3.8, 4) is 17.0 Å². The predicted octanol–water partition coefficient (Wildman–Crippen LogP) is 2.60. The largest absolute Gasteiger partial charge is 0.496 e. The van der Waals surface area contributed by atoms with Crippen LogP contribution in [0.5, 0.6) is 5.75 Å². The zero-order chi connectivity index (χ0) is 23.7. The van der Waals surface area contributed by atoms with Gasteiger partial charge in [0.25, 0.3) is 11.6 Å². The number of nitro groups is 1. The quantitative estimate of drug-likeness (QED) is 0.341. The summed E-state index contributed by atoms with van der Waals surface area (Å²) in [5.74, 6) is 0.402. The van der Waals surface area contributed by atoms with Crippen LogP contribution in [-0.2, 0) is 7.05 Å². The molecule has 0 unspecified atom stereocenters. The molecule has 4 rings (SSSR count). The standard InChI is InChI=1S/C21H22ClN7O4/c1-26-20(19(24-25-26)13-5-3-4-6-18(13)33-2)21(30)28-9-7-27(8-10-28)16-12-15(23)17(29(31)32)11-14(16)22/h3-6,11-12H,7-10,23H2,1-2H3. The van der Waals surface area contributed by atoms with Crippen LogP contribution in [0.2, 0.25) is 5.02 Å². The van der Waals surface area contributed by atoms with Crippen molar-refractivity contribution in [2.24, 2.45) is 7.05 Å². The van der Waals surface area contributed by atoms with E-state index in [4.69, 9.17) is 22.1 Å². The molecular weight excluding hydrogens is 450 g/mol. The summed E-state index contributed by atoms with van der Waals surface area (Å²) in [6, 6.07) is 10.1. The lowest BCUT2D eigenvalue weighted by atomic mass is 10.1. The van der Waals surface area contributed by atoms with E-state index >= 15 is 0 Å². The van der Waals surface area contributed by atoms with Gasteiger partial charge in [-0.1, -0.05) is 28.9 Å². The number of hydrogen-bond acceptors (Lipinski definition) is 8. The normalized spacial score (nSPS) is 13.8. The molecule has 1 aliphatic heterocycles. The summed E-state index contributed by atoms with van der Waals surface area (Å²) in [6.07, 6.45) is 0. The van der Waals surface area contributed by atoms with Gasteiger partial charge in [-0.15, -0.1) is 5.10 Å². The van der Waals surface area contributed by atoms with E-state index in [0.29, 0.717) is 54.6 Å². The summed E-state index contributed by atoms with van der Waals surface area (Å²) < 4.78 is 6.89. The summed E-state index contributed by atoms with van der Waals surface area (Å²) in [7, 11) is 3.24. The molecule has 0 radical (unpaired) electrons. The number of benzene rings is 2. The van der Waals surface area contributed by atoms with Gasteiger partial charge in [-0.2, -0.15) is 0 Å². The van der Waals surface area contributed by atoms with E-state index in [1.165, 1.54) is 16.8 Å². The first-order chi connectivity index (χ1) is 15.8. The molecule has 0 spiro atoms. The van der Waals surface area contributed by atoms with E-state index in [1.54, 1.807) is 25.1 Å². The molecule has 2 heterocycles. The van der Waals surface area contributed by atoms with E-state index < -0.39 is 4.92 Å². The van der Waals surface area contributed by atoms with E-state index in [1.807, 2.05) is 23.1 Å². The number of aromatic nitrogens is 3. The molecule has 1 amide bonds. The molecule has 3 aromatic rings. The average molecular weight is 472 g/mol. The number of carbonyl (C=O) groups excluding carboxylic acids is 1. The number of rotatable bonds is 5. The number of para-hydroxylation sites is 1. The molecule has 2 N–H and O–H groups in total. The second-order valence-corrected chi connectivity index (χ2v) is 7.92. The van der Waals surface area contributed by atoms with Crippen LogP contribution in [0.25, 0.3) is 11.3 Å². The smallest absolute Gasteiger partial charge is 0.293 e. The summed E-state index contributed by atoms with van der Waals surface area (Å²) in [5, 5.41) is 19.6. The van der Waals surface area contributed by atoms with Crippen molar-refractivity contribution in [2.75, 3.05) is 43.9 Å². The maximum atomic E-state index is 13.4. The molecule has 12 heteroatoms. The molecule has 0 saturated carbocycles. The molecule has 33 heavy (non-hydrogen) atoms. The maximum absolute atomic E-state index is 13.4. The first-order valence-corrected chi connectivity index (χ1v) is 10.5. The third-order valence-corrected chi connectivity index (χ3v) is 5.89. The Kier molecular flexibility index (Phi) is 6.05. The Morgan fingerprint density at radius 2 is 1.91 bits per heavy atom. The van der Waals surface area contributed by atoms with Crippen LogP contribution in [0, 0.1) is 10.1 Å². The number of carbonyl (C=O) groups is 1. The number of aryl methyl sites for hydroxylation is 1. The van der Waals surface area contributed by atoms with Gasteiger partial charge in [0, 0.05) is 44.9 Å². The van der Waals surface area contributed by atoms with Crippen molar-refractivity contribution in [1.29, 1.82) is 0 Å². The Morgan fingerprint density at radius 3 is 2.58 bits per heavy atom. The molecule has 172 valence electrons. The number of hydrogen-bond donors (Lipinski definition) is 1. The minimum Gasteiger partial charge on any atom is -0.496 e. The molecule has 1 aliphatic rings. The number of anilines is 2. The van der Waals surface area contributed by atoms with Crippen LogP contribution < -0.4 is 15.4 Å². The zero-order valence-corrected chi connectivity index (χ0v) is 18.8. The summed E-state index contributed by atoms with van der Waals surface area (Å²) >= 11 is 6.28. The average Bonchev–Trinajstić information content (AvgIpc) is 3.20. The van der Waals surface area contributed by atoms with Crippen LogP contribution >= 0.6 is 11.6 Å². The molecule has 1 saturated heterocycles. The highest BCUT2D eigenvalue weighted by molar-refractivity contribution is 6.33.